The summed E-state index contributed by atoms with van der Waals surface area (Å²) in [7, 11) is 0. The SMILES string of the molecule is CCCc1cnc(N2CCC([C@H](C)Oc3nn4cc(-c5ccc(S)cc5F)nc4s3)CC2)nc1. The van der Waals surface area contributed by atoms with Crippen molar-refractivity contribution >= 4 is 34.9 Å². The summed E-state index contributed by atoms with van der Waals surface area (Å²) in [5.41, 5.74) is 2.16. The second kappa shape index (κ2) is 9.87. The van der Waals surface area contributed by atoms with Crippen LogP contribution in [0.25, 0.3) is 16.2 Å². The molecule has 3 aromatic heterocycles. The van der Waals surface area contributed by atoms with Crippen LogP contribution in [0.3, 0.4) is 0 Å². The van der Waals surface area contributed by atoms with E-state index in [2.05, 4.69) is 51.4 Å². The summed E-state index contributed by atoms with van der Waals surface area (Å²) in [6.07, 6.45) is 9.77. The molecular weight excluding hydrogens is 471 g/mol. The van der Waals surface area contributed by atoms with Crippen LogP contribution in [0.15, 0.2) is 41.7 Å². The number of piperidine rings is 1. The first kappa shape index (κ1) is 23.0. The van der Waals surface area contributed by atoms with Gasteiger partial charge in [0, 0.05) is 35.9 Å². The fraction of sp³-hybridized carbons (Fsp3) is 0.417. The maximum absolute atomic E-state index is 14.3. The number of rotatable bonds is 7. The molecule has 0 amide bonds. The van der Waals surface area contributed by atoms with Crippen LogP contribution in [0.2, 0.25) is 0 Å². The monoisotopic (exact) mass is 498 g/mol. The second-order valence-electron chi connectivity index (χ2n) is 8.67. The first-order chi connectivity index (χ1) is 16.5. The van der Waals surface area contributed by atoms with Crippen molar-refractivity contribution in [3.05, 3.63) is 48.2 Å². The third-order valence-electron chi connectivity index (χ3n) is 6.26. The number of ether oxygens (including phenoxy) is 1. The van der Waals surface area contributed by atoms with Gasteiger partial charge in [0.05, 0.1) is 11.9 Å². The van der Waals surface area contributed by atoms with E-state index in [-0.39, 0.29) is 11.9 Å². The van der Waals surface area contributed by atoms with Crippen LogP contribution >= 0.6 is 24.0 Å². The van der Waals surface area contributed by atoms with Crippen molar-refractivity contribution < 1.29 is 9.13 Å². The number of halogens is 1. The van der Waals surface area contributed by atoms with Crippen molar-refractivity contribution in [2.45, 2.75) is 50.5 Å². The van der Waals surface area contributed by atoms with E-state index in [9.17, 15) is 4.39 Å². The lowest BCUT2D eigenvalue weighted by molar-refractivity contribution is 0.131. The number of anilines is 1. The largest absolute Gasteiger partial charge is 0.466 e. The maximum atomic E-state index is 14.3. The van der Waals surface area contributed by atoms with Crippen LogP contribution in [0.1, 0.15) is 38.7 Å². The third kappa shape index (κ3) is 4.88. The molecule has 5 rings (SSSR count). The molecule has 34 heavy (non-hydrogen) atoms. The summed E-state index contributed by atoms with van der Waals surface area (Å²) < 4.78 is 22.1. The average molecular weight is 499 g/mol. The fourth-order valence-electron chi connectivity index (χ4n) is 4.32. The first-order valence-electron chi connectivity index (χ1n) is 11.6. The fourth-order valence-corrected chi connectivity index (χ4v) is 5.33. The van der Waals surface area contributed by atoms with E-state index >= 15 is 0 Å². The summed E-state index contributed by atoms with van der Waals surface area (Å²) in [4.78, 5) is 17.1. The minimum absolute atomic E-state index is 0.0331. The molecule has 1 saturated heterocycles. The molecule has 1 aromatic carbocycles. The van der Waals surface area contributed by atoms with Crippen molar-refractivity contribution in [3.63, 3.8) is 0 Å². The summed E-state index contributed by atoms with van der Waals surface area (Å²) in [6, 6.07) is 4.81. The summed E-state index contributed by atoms with van der Waals surface area (Å²) in [6.45, 7) is 6.08. The number of nitrogens with zero attached hydrogens (tertiary/aromatic N) is 6. The summed E-state index contributed by atoms with van der Waals surface area (Å²) in [5, 5.41) is 5.08. The molecule has 0 radical (unpaired) electrons. The molecule has 10 heteroatoms. The Morgan fingerprint density at radius 2 is 2.00 bits per heavy atom. The number of hydrogen-bond acceptors (Lipinski definition) is 8. The molecule has 0 spiro atoms. The predicted octanol–water partition coefficient (Wildman–Crippen LogP) is 5.31. The number of fused-ring (bicyclic) bond motifs is 1. The highest BCUT2D eigenvalue weighted by atomic mass is 32.1. The van der Waals surface area contributed by atoms with Crippen molar-refractivity contribution in [3.8, 4) is 16.5 Å². The molecule has 0 unspecified atom stereocenters. The van der Waals surface area contributed by atoms with E-state index in [0.29, 0.717) is 32.2 Å². The standard InChI is InChI=1S/C24H27FN6OS2/c1-3-4-16-12-26-22(27-13-16)30-9-7-17(8-10-30)15(2)32-24-29-31-14-21(28-23(31)34-24)19-6-5-18(33)11-20(19)25/h5-6,11-15,17,33H,3-4,7-10H2,1-2H3/t15-/m0/s1. The number of hydrogen-bond donors (Lipinski definition) is 1. The normalized spacial score (nSPS) is 15.7. The Morgan fingerprint density at radius 1 is 1.24 bits per heavy atom. The van der Waals surface area contributed by atoms with E-state index in [4.69, 9.17) is 4.74 Å². The third-order valence-corrected chi connectivity index (χ3v) is 7.35. The molecule has 1 fully saturated rings. The second-order valence-corrected chi connectivity index (χ2v) is 10.1. The average Bonchev–Trinajstić information content (AvgIpc) is 3.38. The summed E-state index contributed by atoms with van der Waals surface area (Å²) >= 11 is 5.54. The van der Waals surface area contributed by atoms with Crippen molar-refractivity contribution in [1.82, 2.24) is 24.6 Å². The molecule has 0 bridgehead atoms. The van der Waals surface area contributed by atoms with E-state index in [1.807, 2.05) is 12.4 Å². The van der Waals surface area contributed by atoms with Crippen molar-refractivity contribution in [2.24, 2.45) is 5.92 Å². The Kier molecular flexibility index (Phi) is 6.69. The van der Waals surface area contributed by atoms with Crippen LogP contribution in [0, 0.1) is 11.7 Å². The Morgan fingerprint density at radius 3 is 2.68 bits per heavy atom. The van der Waals surface area contributed by atoms with Gasteiger partial charge in [-0.1, -0.05) is 13.3 Å². The molecule has 0 N–H and O–H groups in total. The van der Waals surface area contributed by atoms with Gasteiger partial charge in [0.1, 0.15) is 11.9 Å². The number of imidazole rings is 1. The predicted molar refractivity (Wildman–Crippen MR) is 135 cm³/mol. The Hall–Kier alpha value is -2.72. The number of aryl methyl sites for hydroxylation is 1. The zero-order valence-electron chi connectivity index (χ0n) is 19.2. The van der Waals surface area contributed by atoms with Gasteiger partial charge in [-0.05, 0) is 67.2 Å². The molecule has 4 aromatic rings. The smallest absolute Gasteiger partial charge is 0.294 e. The van der Waals surface area contributed by atoms with Crippen molar-refractivity contribution in [1.29, 1.82) is 0 Å². The Bertz CT molecular complexity index is 1230. The van der Waals surface area contributed by atoms with Crippen LogP contribution in [-0.4, -0.2) is 43.8 Å². The molecule has 7 nitrogen and oxygen atoms in total. The van der Waals surface area contributed by atoms with Gasteiger partial charge in [-0.3, -0.25) is 0 Å². The summed E-state index contributed by atoms with van der Waals surface area (Å²) in [5.74, 6) is 0.887. The highest BCUT2D eigenvalue weighted by Gasteiger charge is 2.27. The molecule has 1 aliphatic heterocycles. The number of benzene rings is 1. The Balaban J connectivity index is 1.19. The van der Waals surface area contributed by atoms with Gasteiger partial charge in [-0.25, -0.2) is 23.9 Å². The maximum Gasteiger partial charge on any atom is 0.294 e. The molecular formula is C24H27FN6OS2. The number of thiol groups is 1. The van der Waals surface area contributed by atoms with Gasteiger partial charge in [0.15, 0.2) is 0 Å². The highest BCUT2D eigenvalue weighted by molar-refractivity contribution is 7.80. The number of aromatic nitrogens is 5. The zero-order chi connectivity index (χ0) is 23.7. The lowest BCUT2D eigenvalue weighted by Crippen LogP contribution is -2.39. The molecule has 0 aliphatic carbocycles. The highest BCUT2D eigenvalue weighted by Crippen LogP contribution is 2.31. The quantitative estimate of drug-likeness (QED) is 0.348. The van der Waals surface area contributed by atoms with Gasteiger partial charge >= 0.3 is 0 Å². The van der Waals surface area contributed by atoms with Crippen molar-refractivity contribution in [2.75, 3.05) is 18.0 Å². The van der Waals surface area contributed by atoms with Gasteiger partial charge in [-0.15, -0.1) is 17.7 Å². The lowest BCUT2D eigenvalue weighted by Gasteiger charge is -2.34. The van der Waals surface area contributed by atoms with Gasteiger partial charge in [0.25, 0.3) is 5.19 Å². The van der Waals surface area contributed by atoms with Gasteiger partial charge in [0.2, 0.25) is 10.9 Å². The van der Waals surface area contributed by atoms with E-state index in [0.717, 1.165) is 44.7 Å². The minimum atomic E-state index is -0.350. The van der Waals surface area contributed by atoms with Crippen LogP contribution in [0.4, 0.5) is 10.3 Å². The lowest BCUT2D eigenvalue weighted by atomic mass is 9.92. The molecule has 4 heterocycles. The van der Waals surface area contributed by atoms with Crippen LogP contribution in [-0.2, 0) is 6.42 Å². The topological polar surface area (TPSA) is 68.4 Å². The zero-order valence-corrected chi connectivity index (χ0v) is 20.9. The van der Waals surface area contributed by atoms with E-state index in [1.54, 1.807) is 22.8 Å². The van der Waals surface area contributed by atoms with Gasteiger partial charge < -0.3 is 9.64 Å². The van der Waals surface area contributed by atoms with Gasteiger partial charge in [-0.2, -0.15) is 0 Å². The molecule has 178 valence electrons. The van der Waals surface area contributed by atoms with Crippen LogP contribution in [0.5, 0.6) is 5.19 Å². The first-order valence-corrected chi connectivity index (χ1v) is 12.8. The molecule has 0 saturated carbocycles. The van der Waals surface area contributed by atoms with Crippen LogP contribution < -0.4 is 9.64 Å². The van der Waals surface area contributed by atoms with E-state index < -0.39 is 0 Å². The Labute approximate surface area is 207 Å². The molecule has 1 atom stereocenters. The van der Waals surface area contributed by atoms with E-state index in [1.165, 1.54) is 23.0 Å². The molecule has 1 aliphatic rings. The minimum Gasteiger partial charge on any atom is -0.466 e.